The normalized spacial score (nSPS) is 20.5. The molecule has 4 rings (SSSR count). The zero-order valence-corrected chi connectivity index (χ0v) is 28.8. The summed E-state index contributed by atoms with van der Waals surface area (Å²) in [5.41, 5.74) is -2.35. The minimum absolute atomic E-state index is 0.0731. The van der Waals surface area contributed by atoms with Gasteiger partial charge in [-0.3, -0.25) is 33.9 Å². The highest BCUT2D eigenvalue weighted by atomic mass is 16.2. The van der Waals surface area contributed by atoms with E-state index in [0.717, 1.165) is 32.1 Å². The van der Waals surface area contributed by atoms with Crippen LogP contribution in [0.3, 0.4) is 0 Å². The molecule has 5 amide bonds. The molecule has 14 heteroatoms. The first-order valence-corrected chi connectivity index (χ1v) is 17.3. The largest absolute Gasteiger partial charge is 0.346 e. The van der Waals surface area contributed by atoms with Gasteiger partial charge in [-0.2, -0.15) is 5.10 Å². The quantitative estimate of drug-likeness (QED) is 0.105. The molecule has 14 nitrogen and oxygen atoms in total. The maximum Gasteiger partial charge on any atom is 0.289 e. The molecule has 5 N–H and O–H groups in total. The number of hydrogen-bond donors (Lipinski definition) is 5. The molecule has 0 aromatic carbocycles. The summed E-state index contributed by atoms with van der Waals surface area (Å²) in [6.45, 7) is 9.36. The zero-order valence-electron chi connectivity index (χ0n) is 28.8. The van der Waals surface area contributed by atoms with Crippen LogP contribution in [-0.4, -0.2) is 92.2 Å². The summed E-state index contributed by atoms with van der Waals surface area (Å²) >= 11 is 0. The summed E-state index contributed by atoms with van der Waals surface area (Å²) in [6, 6.07) is -3.02. The molecule has 2 heterocycles. The number of aromatic amines is 1. The average Bonchev–Trinajstić information content (AvgIpc) is 3.49. The van der Waals surface area contributed by atoms with Gasteiger partial charge in [0.1, 0.15) is 23.9 Å². The van der Waals surface area contributed by atoms with E-state index in [2.05, 4.69) is 48.9 Å². The van der Waals surface area contributed by atoms with Crippen molar-refractivity contribution in [2.45, 2.75) is 115 Å². The van der Waals surface area contributed by atoms with Crippen molar-refractivity contribution in [1.82, 2.24) is 41.3 Å². The second kappa shape index (κ2) is 16.2. The number of likely N-dealkylation sites (tertiary alicyclic amines) is 1. The van der Waals surface area contributed by atoms with Crippen LogP contribution in [0.1, 0.15) is 102 Å². The van der Waals surface area contributed by atoms with E-state index in [1.165, 1.54) is 17.3 Å². The monoisotopic (exact) mass is 678 g/mol. The second-order valence-electron chi connectivity index (χ2n) is 14.5. The van der Waals surface area contributed by atoms with Gasteiger partial charge < -0.3 is 26.2 Å². The third-order valence-corrected chi connectivity index (χ3v) is 9.81. The number of Topliss-reactive ketones (excluding diaryl/α,β-unsaturated/α-hetero) is 1. The summed E-state index contributed by atoms with van der Waals surface area (Å²) < 4.78 is 0. The van der Waals surface area contributed by atoms with Crippen LogP contribution in [0.25, 0.3) is 0 Å². The van der Waals surface area contributed by atoms with Gasteiger partial charge in [0, 0.05) is 19.5 Å². The number of nitrogens with zero attached hydrogens (tertiary/aromatic N) is 3. The fourth-order valence-corrected chi connectivity index (χ4v) is 6.92. The molecule has 1 saturated heterocycles. The van der Waals surface area contributed by atoms with E-state index in [1.54, 1.807) is 0 Å². The summed E-state index contributed by atoms with van der Waals surface area (Å²) in [7, 11) is 0. The Hall–Kier alpha value is -4.54. The van der Waals surface area contributed by atoms with Gasteiger partial charge >= 0.3 is 0 Å². The molecule has 3 fully saturated rings. The molecule has 4 atom stereocenters. The van der Waals surface area contributed by atoms with Crippen molar-refractivity contribution in [3.05, 3.63) is 24.8 Å². The van der Waals surface area contributed by atoms with Gasteiger partial charge in [-0.15, -0.1) is 18.9 Å². The number of ketones is 1. The van der Waals surface area contributed by atoms with Crippen LogP contribution in [0.5, 0.6) is 0 Å². The van der Waals surface area contributed by atoms with Crippen LogP contribution in [0.15, 0.2) is 19.0 Å². The highest BCUT2D eigenvalue weighted by Crippen LogP contribution is 2.37. The Morgan fingerprint density at radius 3 is 2.37 bits per heavy atom. The van der Waals surface area contributed by atoms with Crippen molar-refractivity contribution in [1.29, 1.82) is 0 Å². The van der Waals surface area contributed by atoms with E-state index in [4.69, 9.17) is 6.42 Å². The Kier molecular flexibility index (Phi) is 12.4. The lowest BCUT2D eigenvalue weighted by atomic mass is 9.71. The Morgan fingerprint density at radius 1 is 1.06 bits per heavy atom. The van der Waals surface area contributed by atoms with Crippen molar-refractivity contribution in [3.63, 3.8) is 0 Å². The van der Waals surface area contributed by atoms with Crippen molar-refractivity contribution in [3.8, 4) is 12.3 Å². The van der Waals surface area contributed by atoms with Gasteiger partial charge in [-0.1, -0.05) is 59.0 Å². The van der Waals surface area contributed by atoms with Crippen molar-refractivity contribution < 1.29 is 28.8 Å². The summed E-state index contributed by atoms with van der Waals surface area (Å²) in [5, 5.41) is 17.4. The van der Waals surface area contributed by atoms with Crippen molar-refractivity contribution in [2.24, 2.45) is 17.3 Å². The third-order valence-electron chi connectivity index (χ3n) is 9.81. The molecule has 2 aliphatic carbocycles. The number of aromatic nitrogens is 3. The van der Waals surface area contributed by atoms with E-state index in [1.807, 2.05) is 20.8 Å². The first-order valence-electron chi connectivity index (χ1n) is 17.3. The fraction of sp³-hybridized carbons (Fsp3) is 0.657. The predicted molar refractivity (Wildman–Crippen MR) is 180 cm³/mol. The molecule has 0 radical (unpaired) electrons. The maximum atomic E-state index is 14.5. The minimum Gasteiger partial charge on any atom is -0.346 e. The van der Waals surface area contributed by atoms with E-state index < -0.39 is 64.4 Å². The molecule has 49 heavy (non-hydrogen) atoms. The molecule has 1 aliphatic heterocycles. The Morgan fingerprint density at radius 2 is 1.78 bits per heavy atom. The van der Waals surface area contributed by atoms with Crippen LogP contribution < -0.4 is 21.3 Å². The lowest BCUT2D eigenvalue weighted by Crippen LogP contribution is -2.67. The maximum absolute atomic E-state index is 14.5. The highest BCUT2D eigenvalue weighted by molar-refractivity contribution is 6.38. The van der Waals surface area contributed by atoms with Gasteiger partial charge in [0.15, 0.2) is 0 Å². The molecule has 1 aromatic heterocycles. The summed E-state index contributed by atoms with van der Waals surface area (Å²) in [6.07, 6.45) is 15.4. The SMILES string of the molecule is C#CCC(NC(=O)c1ncn[nH]1)(C(=O)N[C@H](C(=O)N1CCC[C@H]1C(=O)NC(CC1CC1)C(=O)C(=O)NCC=C)C(C)(C)C)C1CCCCC1. The van der Waals surface area contributed by atoms with Gasteiger partial charge in [0.2, 0.25) is 29.3 Å². The first-order chi connectivity index (χ1) is 23.3. The molecule has 3 aliphatic rings. The van der Waals surface area contributed by atoms with Gasteiger partial charge in [0.05, 0.1) is 6.04 Å². The van der Waals surface area contributed by atoms with Gasteiger partial charge in [-0.05, 0) is 49.4 Å². The Balaban J connectivity index is 1.57. The van der Waals surface area contributed by atoms with Crippen molar-refractivity contribution >= 4 is 35.3 Å². The number of rotatable bonds is 15. The molecule has 1 aromatic rings. The zero-order chi connectivity index (χ0) is 35.8. The molecule has 0 spiro atoms. The number of carbonyl (C=O) groups is 6. The third kappa shape index (κ3) is 9.13. The van der Waals surface area contributed by atoms with E-state index in [9.17, 15) is 28.8 Å². The van der Waals surface area contributed by atoms with E-state index in [-0.39, 0.29) is 37.2 Å². The summed E-state index contributed by atoms with van der Waals surface area (Å²) in [5.74, 6) is -1.30. The Labute approximate surface area is 287 Å². The molecule has 0 bridgehead atoms. The van der Waals surface area contributed by atoms with Gasteiger partial charge in [-0.25, -0.2) is 4.98 Å². The predicted octanol–water partition coefficient (Wildman–Crippen LogP) is 1.56. The Bertz CT molecular complexity index is 1440. The lowest BCUT2D eigenvalue weighted by Gasteiger charge is -2.43. The topological polar surface area (TPSA) is 195 Å². The molecule has 2 saturated carbocycles. The lowest BCUT2D eigenvalue weighted by molar-refractivity contribution is -0.146. The number of terminal acetylenes is 1. The fourth-order valence-electron chi connectivity index (χ4n) is 6.92. The van der Waals surface area contributed by atoms with Crippen LogP contribution in [0.4, 0.5) is 0 Å². The van der Waals surface area contributed by atoms with Crippen LogP contribution in [0, 0.1) is 29.6 Å². The summed E-state index contributed by atoms with van der Waals surface area (Å²) in [4.78, 5) is 86.8. The van der Waals surface area contributed by atoms with Crippen LogP contribution in [-0.2, 0) is 24.0 Å². The standard InChI is InChI=1S/C35H50N8O6/c1-6-17-35(23-12-9-8-10-13-23,41-31(47)28-37-21-38-42-28)33(49)40-27(34(3,4)5)32(48)43-19-11-14-25(43)29(45)39-24(20-22-15-16-22)26(44)30(46)36-18-7-2/h1,7,21-25,27H,2,8-20H2,3-5H3,(H,36,46)(H,39,45)(H,40,49)(H,41,47)(H,37,38,42)/t24?,25-,27+,35?/m0/s1. The number of nitrogens with one attached hydrogen (secondary N) is 5. The highest BCUT2D eigenvalue weighted by Gasteiger charge is 2.50. The molecular formula is C35H50N8O6. The van der Waals surface area contributed by atoms with E-state index in [0.29, 0.717) is 32.1 Å². The number of H-pyrrole nitrogens is 1. The molecule has 266 valence electrons. The van der Waals surface area contributed by atoms with Crippen LogP contribution in [0.2, 0.25) is 0 Å². The first kappa shape index (κ1) is 37.3. The molecule has 2 unspecified atom stereocenters. The van der Waals surface area contributed by atoms with E-state index >= 15 is 0 Å². The minimum atomic E-state index is -1.53. The number of amides is 5. The average molecular weight is 679 g/mol. The van der Waals surface area contributed by atoms with Gasteiger partial charge in [0.25, 0.3) is 11.8 Å². The smallest absolute Gasteiger partial charge is 0.289 e. The van der Waals surface area contributed by atoms with Crippen molar-refractivity contribution in [2.75, 3.05) is 13.1 Å². The number of carbonyl (C=O) groups excluding carboxylic acids is 6. The number of hydrogen-bond acceptors (Lipinski definition) is 8. The molecular weight excluding hydrogens is 628 g/mol. The van der Waals surface area contributed by atoms with Crippen LogP contribution >= 0.6 is 0 Å². The second-order valence-corrected chi connectivity index (χ2v) is 14.5.